The Hall–Kier alpha value is -0.940. The molecular formula is C11H11ClF3NO. The highest BCUT2D eigenvalue weighted by Gasteiger charge is 2.42. The molecule has 0 bridgehead atoms. The average Bonchev–Trinajstić information content (AvgIpc) is 2.34. The predicted molar refractivity (Wildman–Crippen MR) is 58.3 cm³/mol. The van der Waals surface area contributed by atoms with E-state index in [4.69, 9.17) is 22.1 Å². The number of halogens is 4. The van der Waals surface area contributed by atoms with E-state index in [-0.39, 0.29) is 17.2 Å². The van der Waals surface area contributed by atoms with Gasteiger partial charge in [0.1, 0.15) is 13.3 Å². The number of nitrogens with two attached hydrogens (primary N) is 1. The average molecular weight is 266 g/mol. The van der Waals surface area contributed by atoms with E-state index in [1.165, 1.54) is 12.1 Å². The number of fused-ring (bicyclic) bond motifs is 1. The van der Waals surface area contributed by atoms with Gasteiger partial charge in [0, 0.05) is 18.0 Å². The van der Waals surface area contributed by atoms with Gasteiger partial charge in [0.05, 0.1) is 5.02 Å². The van der Waals surface area contributed by atoms with Crippen LogP contribution in [0, 0.1) is 5.82 Å². The van der Waals surface area contributed by atoms with E-state index >= 15 is 0 Å². The molecule has 0 radical (unpaired) electrons. The van der Waals surface area contributed by atoms with E-state index < -0.39 is 30.8 Å². The maximum absolute atomic E-state index is 13.7. The van der Waals surface area contributed by atoms with Gasteiger partial charge in [0.15, 0.2) is 17.2 Å². The molecule has 0 aliphatic carbocycles. The molecule has 0 fully saturated rings. The zero-order chi connectivity index (χ0) is 12.6. The zero-order valence-electron chi connectivity index (χ0n) is 8.85. The molecule has 2 nitrogen and oxygen atoms in total. The van der Waals surface area contributed by atoms with Crippen LogP contribution in [0.3, 0.4) is 0 Å². The molecule has 1 aliphatic heterocycles. The van der Waals surface area contributed by atoms with Crippen LogP contribution in [-0.2, 0) is 0 Å². The van der Waals surface area contributed by atoms with Crippen molar-refractivity contribution in [2.45, 2.75) is 18.1 Å². The summed E-state index contributed by atoms with van der Waals surface area (Å²) in [6, 6.07) is 2.18. The molecule has 0 spiro atoms. The van der Waals surface area contributed by atoms with Gasteiger partial charge in [-0.15, -0.1) is 0 Å². The molecule has 0 aromatic heterocycles. The van der Waals surface area contributed by atoms with Crippen molar-refractivity contribution in [3.05, 3.63) is 28.5 Å². The highest BCUT2D eigenvalue weighted by Crippen LogP contribution is 2.42. The lowest BCUT2D eigenvalue weighted by molar-refractivity contribution is -0.0110. The molecule has 6 heteroatoms. The molecule has 94 valence electrons. The lowest BCUT2D eigenvalue weighted by Crippen LogP contribution is -2.47. The fourth-order valence-corrected chi connectivity index (χ4v) is 2.06. The second kappa shape index (κ2) is 4.38. The minimum atomic E-state index is -1.70. The minimum absolute atomic E-state index is 0.0337. The van der Waals surface area contributed by atoms with Crippen LogP contribution in [0.2, 0.25) is 5.02 Å². The van der Waals surface area contributed by atoms with Crippen LogP contribution in [0.4, 0.5) is 13.2 Å². The normalized spacial score (nSPS) is 21.8. The predicted octanol–water partition coefficient (Wildman–Crippen LogP) is 2.94. The third-order valence-electron chi connectivity index (χ3n) is 2.88. The highest BCUT2D eigenvalue weighted by molar-refractivity contribution is 6.30. The van der Waals surface area contributed by atoms with E-state index in [0.29, 0.717) is 5.56 Å². The summed E-state index contributed by atoms with van der Waals surface area (Å²) in [5.74, 6) is -1.07. The Morgan fingerprint density at radius 1 is 1.41 bits per heavy atom. The summed E-state index contributed by atoms with van der Waals surface area (Å²) < 4.78 is 44.5. The topological polar surface area (TPSA) is 35.2 Å². The third kappa shape index (κ3) is 1.98. The molecule has 17 heavy (non-hydrogen) atoms. The molecule has 1 aromatic carbocycles. The Morgan fingerprint density at radius 2 is 2.06 bits per heavy atom. The van der Waals surface area contributed by atoms with Gasteiger partial charge in [-0.1, -0.05) is 17.7 Å². The molecule has 2 rings (SSSR count). The number of hydrogen-bond donors (Lipinski definition) is 1. The Kier molecular flexibility index (Phi) is 3.23. The number of rotatable bonds is 2. The van der Waals surface area contributed by atoms with Crippen LogP contribution >= 0.6 is 11.6 Å². The van der Waals surface area contributed by atoms with Crippen molar-refractivity contribution in [1.29, 1.82) is 0 Å². The van der Waals surface area contributed by atoms with Gasteiger partial charge >= 0.3 is 0 Å². The molecule has 1 aliphatic rings. The molecule has 1 atom stereocenters. The lowest BCUT2D eigenvalue weighted by atomic mass is 9.89. The van der Waals surface area contributed by atoms with Crippen molar-refractivity contribution in [3.63, 3.8) is 0 Å². The largest absolute Gasteiger partial charge is 0.478 e. The van der Waals surface area contributed by atoms with Crippen LogP contribution in [0.25, 0.3) is 0 Å². The van der Waals surface area contributed by atoms with E-state index in [2.05, 4.69) is 0 Å². The SMILES string of the molecule is N[C@@H]1CC(CF)(CF)Oc2c1ccc(Cl)c2F. The molecule has 0 unspecified atom stereocenters. The zero-order valence-corrected chi connectivity index (χ0v) is 9.61. The maximum Gasteiger partial charge on any atom is 0.183 e. The number of ether oxygens (including phenoxy) is 1. The van der Waals surface area contributed by atoms with E-state index in [1.807, 2.05) is 0 Å². The molecule has 2 N–H and O–H groups in total. The lowest BCUT2D eigenvalue weighted by Gasteiger charge is -2.37. The van der Waals surface area contributed by atoms with Gasteiger partial charge in [-0.05, 0) is 6.07 Å². The number of alkyl halides is 2. The second-order valence-corrected chi connectivity index (χ2v) is 4.55. The Morgan fingerprint density at radius 3 is 2.65 bits per heavy atom. The van der Waals surface area contributed by atoms with Crippen molar-refractivity contribution < 1.29 is 17.9 Å². The first kappa shape index (κ1) is 12.5. The van der Waals surface area contributed by atoms with E-state index in [0.717, 1.165) is 0 Å². The molecular weight excluding hydrogens is 255 g/mol. The van der Waals surface area contributed by atoms with Crippen molar-refractivity contribution in [3.8, 4) is 5.75 Å². The molecule has 0 saturated carbocycles. The van der Waals surface area contributed by atoms with Crippen LogP contribution in [-0.4, -0.2) is 19.0 Å². The first-order valence-electron chi connectivity index (χ1n) is 5.07. The molecule has 0 amide bonds. The molecule has 1 heterocycles. The van der Waals surface area contributed by atoms with E-state index in [1.54, 1.807) is 0 Å². The van der Waals surface area contributed by atoms with Crippen LogP contribution in [0.1, 0.15) is 18.0 Å². The van der Waals surface area contributed by atoms with Crippen molar-refractivity contribution in [1.82, 2.24) is 0 Å². The standard InChI is InChI=1S/C11H11ClF3NO/c12-7-2-1-6-8(16)3-11(4-13,5-14)17-10(6)9(7)15/h1-2,8H,3-5,16H2/t8-/m1/s1. The van der Waals surface area contributed by atoms with Gasteiger partial charge in [0.25, 0.3) is 0 Å². The second-order valence-electron chi connectivity index (χ2n) is 4.14. The Balaban J connectivity index is 2.51. The van der Waals surface area contributed by atoms with Gasteiger partial charge in [-0.2, -0.15) is 0 Å². The summed E-state index contributed by atoms with van der Waals surface area (Å²) in [6.45, 7) is -2.13. The van der Waals surface area contributed by atoms with Crippen LogP contribution < -0.4 is 10.5 Å². The first-order chi connectivity index (χ1) is 8.03. The van der Waals surface area contributed by atoms with Crippen molar-refractivity contribution in [2.24, 2.45) is 5.73 Å². The Labute approximate surface area is 102 Å². The van der Waals surface area contributed by atoms with Gasteiger partial charge in [0.2, 0.25) is 0 Å². The fraction of sp³-hybridized carbons (Fsp3) is 0.455. The van der Waals surface area contributed by atoms with Crippen molar-refractivity contribution >= 4 is 11.6 Å². The fourth-order valence-electron chi connectivity index (χ4n) is 1.91. The summed E-state index contributed by atoms with van der Waals surface area (Å²) in [7, 11) is 0. The Bertz CT molecular complexity index is 437. The summed E-state index contributed by atoms with van der Waals surface area (Å²) in [5, 5.41) is -0.163. The number of benzene rings is 1. The van der Waals surface area contributed by atoms with Gasteiger partial charge in [-0.3, -0.25) is 0 Å². The van der Waals surface area contributed by atoms with Crippen molar-refractivity contribution in [2.75, 3.05) is 13.3 Å². The van der Waals surface area contributed by atoms with Gasteiger partial charge in [-0.25, -0.2) is 13.2 Å². The van der Waals surface area contributed by atoms with Crippen LogP contribution in [0.15, 0.2) is 12.1 Å². The monoisotopic (exact) mass is 265 g/mol. The highest BCUT2D eigenvalue weighted by atomic mass is 35.5. The summed E-state index contributed by atoms with van der Waals surface area (Å²) in [5.41, 5.74) is 4.45. The molecule has 1 aromatic rings. The minimum Gasteiger partial charge on any atom is -0.478 e. The van der Waals surface area contributed by atoms with Crippen LogP contribution in [0.5, 0.6) is 5.75 Å². The quantitative estimate of drug-likeness (QED) is 0.892. The summed E-state index contributed by atoms with van der Waals surface area (Å²) >= 11 is 5.59. The van der Waals surface area contributed by atoms with Gasteiger partial charge < -0.3 is 10.5 Å². The molecule has 0 saturated heterocycles. The number of hydrogen-bond acceptors (Lipinski definition) is 2. The smallest absolute Gasteiger partial charge is 0.183 e. The third-order valence-corrected chi connectivity index (χ3v) is 3.17. The van der Waals surface area contributed by atoms with E-state index in [9.17, 15) is 13.2 Å². The first-order valence-corrected chi connectivity index (χ1v) is 5.45. The summed E-state index contributed by atoms with van der Waals surface area (Å²) in [6.07, 6.45) is -0.0337. The summed E-state index contributed by atoms with van der Waals surface area (Å²) in [4.78, 5) is 0. The maximum atomic E-state index is 13.7.